The third-order valence-corrected chi connectivity index (χ3v) is 5.27. The number of aromatic nitrogens is 3. The molecule has 0 aliphatic heterocycles. The zero-order chi connectivity index (χ0) is 18.1. The fraction of sp³-hybridized carbons (Fsp3) is 0.100. The van der Waals surface area contributed by atoms with E-state index in [0.29, 0.717) is 10.8 Å². The molecule has 4 rings (SSSR count). The molecule has 0 radical (unpaired) electrons. The van der Waals surface area contributed by atoms with Crippen LogP contribution in [0.1, 0.15) is 11.5 Å². The van der Waals surface area contributed by atoms with E-state index >= 15 is 0 Å². The molecule has 2 aromatic carbocycles. The van der Waals surface area contributed by atoms with E-state index in [1.807, 2.05) is 56.3 Å². The second kappa shape index (κ2) is 7.02. The zero-order valence-corrected chi connectivity index (χ0v) is 15.9. The normalized spacial score (nSPS) is 11.0. The number of benzene rings is 2. The van der Waals surface area contributed by atoms with E-state index < -0.39 is 0 Å². The minimum Gasteiger partial charge on any atom is -0.405 e. The molecule has 0 aliphatic rings. The molecule has 0 unspecified atom stereocenters. The predicted octanol–water partition coefficient (Wildman–Crippen LogP) is 5.86. The Morgan fingerprint density at radius 3 is 2.54 bits per heavy atom. The van der Waals surface area contributed by atoms with Crippen molar-refractivity contribution in [3.63, 3.8) is 0 Å². The number of aryl methyl sites for hydroxylation is 1. The molecule has 6 heteroatoms. The molecule has 4 aromatic rings. The Hall–Kier alpha value is -2.50. The van der Waals surface area contributed by atoms with Crippen molar-refractivity contribution in [2.75, 3.05) is 0 Å². The molecular formula is C20H16ClN3OS. The zero-order valence-electron chi connectivity index (χ0n) is 14.3. The van der Waals surface area contributed by atoms with Crippen LogP contribution in [0.4, 0.5) is 0 Å². The van der Waals surface area contributed by atoms with Gasteiger partial charge in [0.1, 0.15) is 11.6 Å². The van der Waals surface area contributed by atoms with Crippen molar-refractivity contribution in [1.82, 2.24) is 13.9 Å². The second-order valence-corrected chi connectivity index (χ2v) is 6.94. The predicted molar refractivity (Wildman–Crippen MR) is 108 cm³/mol. The average Bonchev–Trinajstić information content (AvgIpc) is 2.94. The summed E-state index contributed by atoms with van der Waals surface area (Å²) in [6, 6.07) is 17.9. The average molecular weight is 382 g/mol. The first kappa shape index (κ1) is 16.9. The highest BCUT2D eigenvalue weighted by Gasteiger charge is 2.20. The van der Waals surface area contributed by atoms with Crippen molar-refractivity contribution in [3.05, 3.63) is 77.3 Å². The van der Waals surface area contributed by atoms with Gasteiger partial charge in [0.05, 0.1) is 16.2 Å². The van der Waals surface area contributed by atoms with E-state index in [1.54, 1.807) is 6.20 Å². The maximum absolute atomic E-state index is 6.41. The van der Waals surface area contributed by atoms with Gasteiger partial charge in [-0.1, -0.05) is 48.0 Å². The van der Waals surface area contributed by atoms with Crippen LogP contribution in [-0.2, 0) is 0 Å². The summed E-state index contributed by atoms with van der Waals surface area (Å²) >= 11 is 7.70. The lowest BCUT2D eigenvalue weighted by Gasteiger charge is -2.08. The molecule has 0 spiro atoms. The van der Waals surface area contributed by atoms with Crippen molar-refractivity contribution >= 4 is 34.7 Å². The Bertz CT molecular complexity index is 1080. The third-order valence-electron chi connectivity index (χ3n) is 4.11. The van der Waals surface area contributed by atoms with Gasteiger partial charge in [-0.2, -0.15) is 0 Å². The lowest BCUT2D eigenvalue weighted by molar-refractivity contribution is 0.640. The number of fused-ring (bicyclic) bond motifs is 1. The lowest BCUT2D eigenvalue weighted by atomic mass is 10.1. The molecule has 0 N–H and O–H groups in total. The molecule has 26 heavy (non-hydrogen) atoms. The topological polar surface area (TPSA) is 39.9 Å². The Kier molecular flexibility index (Phi) is 4.57. The van der Waals surface area contributed by atoms with Crippen LogP contribution < -0.4 is 4.18 Å². The number of nitrogens with zero attached hydrogens (tertiary/aromatic N) is 3. The van der Waals surface area contributed by atoms with Gasteiger partial charge in [-0.25, -0.2) is 9.97 Å². The number of hydrogen-bond acceptors (Lipinski definition) is 4. The van der Waals surface area contributed by atoms with Crippen LogP contribution in [-0.4, -0.2) is 13.9 Å². The Balaban J connectivity index is 1.84. The maximum Gasteiger partial charge on any atom is 0.184 e. The van der Waals surface area contributed by atoms with E-state index in [-0.39, 0.29) is 0 Å². The highest BCUT2D eigenvalue weighted by Crippen LogP contribution is 2.39. The van der Waals surface area contributed by atoms with Crippen LogP contribution in [0.25, 0.3) is 22.2 Å². The summed E-state index contributed by atoms with van der Waals surface area (Å²) in [7, 11) is 0. The van der Waals surface area contributed by atoms with Crippen LogP contribution in [0, 0.1) is 13.8 Å². The lowest BCUT2D eigenvalue weighted by Crippen LogP contribution is -1.96. The highest BCUT2D eigenvalue weighted by atomic mass is 35.5. The molecule has 0 atom stereocenters. The summed E-state index contributed by atoms with van der Waals surface area (Å²) in [5, 5.41) is 1.62. The van der Waals surface area contributed by atoms with Gasteiger partial charge in [0, 0.05) is 22.8 Å². The first-order valence-electron chi connectivity index (χ1n) is 8.15. The van der Waals surface area contributed by atoms with Gasteiger partial charge >= 0.3 is 0 Å². The SMILES string of the molecule is Cc1ncc(Cl)c(-c2c(C)n(SOc3ccccc3)c3ccccc23)n1. The highest BCUT2D eigenvalue weighted by molar-refractivity contribution is 7.93. The summed E-state index contributed by atoms with van der Waals surface area (Å²) in [6.07, 6.45) is 1.65. The fourth-order valence-corrected chi connectivity index (χ4v) is 3.82. The molecule has 130 valence electrons. The van der Waals surface area contributed by atoms with Crippen molar-refractivity contribution in [2.45, 2.75) is 13.8 Å². The van der Waals surface area contributed by atoms with Crippen LogP contribution in [0.3, 0.4) is 0 Å². The minimum absolute atomic E-state index is 0.538. The van der Waals surface area contributed by atoms with Crippen molar-refractivity contribution in [1.29, 1.82) is 0 Å². The second-order valence-electron chi connectivity index (χ2n) is 5.86. The molecule has 2 aromatic heterocycles. The molecule has 0 bridgehead atoms. The van der Waals surface area contributed by atoms with Gasteiger partial charge in [-0.05, 0) is 32.0 Å². The summed E-state index contributed by atoms with van der Waals surface area (Å²) in [6.45, 7) is 3.91. The Labute approximate surface area is 161 Å². The van der Waals surface area contributed by atoms with Gasteiger partial charge in [0.2, 0.25) is 0 Å². The van der Waals surface area contributed by atoms with Gasteiger partial charge in [-0.3, -0.25) is 3.97 Å². The third kappa shape index (κ3) is 3.04. The molecular weight excluding hydrogens is 366 g/mol. The number of rotatable bonds is 4. The van der Waals surface area contributed by atoms with Gasteiger partial charge in [0.25, 0.3) is 0 Å². The van der Waals surface area contributed by atoms with Crippen LogP contribution in [0.2, 0.25) is 5.02 Å². The van der Waals surface area contributed by atoms with Gasteiger partial charge in [0.15, 0.2) is 12.2 Å². The fourth-order valence-electron chi connectivity index (χ4n) is 2.92. The van der Waals surface area contributed by atoms with Crippen LogP contribution >= 0.6 is 23.8 Å². The first-order chi connectivity index (χ1) is 12.6. The largest absolute Gasteiger partial charge is 0.405 e. The Morgan fingerprint density at radius 2 is 1.73 bits per heavy atom. The van der Waals surface area contributed by atoms with Crippen molar-refractivity contribution in [2.24, 2.45) is 0 Å². The van der Waals surface area contributed by atoms with Gasteiger partial charge in [-0.15, -0.1) is 0 Å². The van der Waals surface area contributed by atoms with Crippen LogP contribution in [0.15, 0.2) is 60.8 Å². The Morgan fingerprint density at radius 1 is 1.00 bits per heavy atom. The quantitative estimate of drug-likeness (QED) is 0.415. The smallest absolute Gasteiger partial charge is 0.184 e. The van der Waals surface area contributed by atoms with Crippen LogP contribution in [0.5, 0.6) is 5.75 Å². The molecule has 0 saturated carbocycles. The first-order valence-corrected chi connectivity index (χ1v) is 9.22. The molecule has 0 saturated heterocycles. The summed E-state index contributed by atoms with van der Waals surface area (Å²) in [5.41, 5.74) is 3.81. The summed E-state index contributed by atoms with van der Waals surface area (Å²) in [4.78, 5) is 8.76. The van der Waals surface area contributed by atoms with E-state index in [9.17, 15) is 0 Å². The minimum atomic E-state index is 0.538. The standard InChI is InChI=1S/C20H16ClN3OS/c1-13-19(20-17(21)12-22-14(2)23-20)16-10-6-7-11-18(16)24(13)26-25-15-8-4-3-5-9-15/h3-12H,1-2H3. The summed E-state index contributed by atoms with van der Waals surface area (Å²) in [5.74, 6) is 1.49. The van der Waals surface area contributed by atoms with E-state index in [1.165, 1.54) is 12.2 Å². The molecule has 4 nitrogen and oxygen atoms in total. The summed E-state index contributed by atoms with van der Waals surface area (Å²) < 4.78 is 7.96. The number of halogens is 1. The molecule has 0 aliphatic carbocycles. The van der Waals surface area contributed by atoms with E-state index in [2.05, 4.69) is 26.1 Å². The van der Waals surface area contributed by atoms with E-state index in [0.717, 1.165) is 33.6 Å². The molecule has 0 fully saturated rings. The molecule has 2 heterocycles. The maximum atomic E-state index is 6.41. The number of hydrogen-bond donors (Lipinski definition) is 0. The van der Waals surface area contributed by atoms with Crippen molar-refractivity contribution < 1.29 is 4.18 Å². The van der Waals surface area contributed by atoms with E-state index in [4.69, 9.17) is 15.8 Å². The van der Waals surface area contributed by atoms with Gasteiger partial charge < -0.3 is 4.18 Å². The monoisotopic (exact) mass is 381 g/mol. The molecule has 0 amide bonds. The van der Waals surface area contributed by atoms with Crippen molar-refractivity contribution in [3.8, 4) is 17.0 Å². The number of para-hydroxylation sites is 2.